The van der Waals surface area contributed by atoms with Crippen molar-refractivity contribution in [2.45, 2.75) is 6.42 Å². The highest BCUT2D eigenvalue weighted by Crippen LogP contribution is 2.23. The zero-order valence-electron chi connectivity index (χ0n) is 11.7. The molecule has 0 aliphatic heterocycles. The number of nitrogens with zero attached hydrogens (tertiary/aromatic N) is 1. The first-order valence-electron chi connectivity index (χ1n) is 6.78. The summed E-state index contributed by atoms with van der Waals surface area (Å²) >= 11 is 0. The van der Waals surface area contributed by atoms with Gasteiger partial charge in [-0.2, -0.15) is 0 Å². The van der Waals surface area contributed by atoms with E-state index in [1.165, 1.54) is 12.1 Å². The van der Waals surface area contributed by atoms with Gasteiger partial charge >= 0.3 is 0 Å². The Morgan fingerprint density at radius 1 is 1.00 bits per heavy atom. The van der Waals surface area contributed by atoms with Gasteiger partial charge in [0, 0.05) is 5.39 Å². The van der Waals surface area contributed by atoms with E-state index in [1.807, 2.05) is 6.07 Å². The number of carbonyl (C=O) groups is 1. The van der Waals surface area contributed by atoms with Crippen LogP contribution in [0.5, 0.6) is 11.5 Å². The Bertz CT molecular complexity index is 829. The SMILES string of the molecule is O=C(Cc1ccc(O)cc1)Nc1ccc2cccc(O)c2n1. The van der Waals surface area contributed by atoms with Gasteiger partial charge in [0.05, 0.1) is 6.42 Å². The average Bonchev–Trinajstić information content (AvgIpc) is 2.50. The zero-order chi connectivity index (χ0) is 15.5. The summed E-state index contributed by atoms with van der Waals surface area (Å²) in [5.74, 6) is 0.411. The van der Waals surface area contributed by atoms with Crippen molar-refractivity contribution in [2.75, 3.05) is 5.32 Å². The van der Waals surface area contributed by atoms with Gasteiger partial charge in [0.2, 0.25) is 5.91 Å². The van der Waals surface area contributed by atoms with Crippen LogP contribution in [0.2, 0.25) is 0 Å². The summed E-state index contributed by atoms with van der Waals surface area (Å²) in [7, 11) is 0. The van der Waals surface area contributed by atoms with Crippen molar-refractivity contribution in [1.29, 1.82) is 0 Å². The van der Waals surface area contributed by atoms with E-state index < -0.39 is 0 Å². The van der Waals surface area contributed by atoms with Gasteiger partial charge in [0.15, 0.2) is 0 Å². The minimum absolute atomic E-state index is 0.0760. The van der Waals surface area contributed by atoms with Crippen LogP contribution < -0.4 is 5.32 Å². The van der Waals surface area contributed by atoms with E-state index in [0.29, 0.717) is 11.3 Å². The number of anilines is 1. The number of amides is 1. The van der Waals surface area contributed by atoms with Crippen molar-refractivity contribution < 1.29 is 15.0 Å². The maximum absolute atomic E-state index is 12.0. The Balaban J connectivity index is 1.76. The molecule has 0 radical (unpaired) electrons. The second kappa shape index (κ2) is 5.73. The van der Waals surface area contributed by atoms with Crippen molar-refractivity contribution in [2.24, 2.45) is 0 Å². The van der Waals surface area contributed by atoms with E-state index >= 15 is 0 Å². The molecule has 0 fully saturated rings. The lowest BCUT2D eigenvalue weighted by Gasteiger charge is -2.07. The van der Waals surface area contributed by atoms with Crippen LogP contribution >= 0.6 is 0 Å². The number of phenolic OH excluding ortho intramolecular Hbond substituents is 2. The molecule has 5 heteroatoms. The molecule has 5 nitrogen and oxygen atoms in total. The Morgan fingerprint density at radius 3 is 2.55 bits per heavy atom. The zero-order valence-corrected chi connectivity index (χ0v) is 11.7. The van der Waals surface area contributed by atoms with Crippen molar-refractivity contribution in [3.05, 3.63) is 60.2 Å². The smallest absolute Gasteiger partial charge is 0.229 e. The molecule has 110 valence electrons. The Hall–Kier alpha value is -3.08. The average molecular weight is 294 g/mol. The largest absolute Gasteiger partial charge is 0.508 e. The molecular formula is C17H14N2O3. The summed E-state index contributed by atoms with van der Waals surface area (Å²) in [6, 6.07) is 15.1. The first-order valence-corrected chi connectivity index (χ1v) is 6.78. The minimum atomic E-state index is -0.215. The van der Waals surface area contributed by atoms with Crippen LogP contribution in [-0.2, 0) is 11.2 Å². The number of rotatable bonds is 3. The molecule has 0 spiro atoms. The van der Waals surface area contributed by atoms with E-state index in [4.69, 9.17) is 0 Å². The van der Waals surface area contributed by atoms with Crippen molar-refractivity contribution in [3.8, 4) is 11.5 Å². The molecular weight excluding hydrogens is 280 g/mol. The van der Waals surface area contributed by atoms with Gasteiger partial charge < -0.3 is 15.5 Å². The molecule has 1 aromatic heterocycles. The maximum Gasteiger partial charge on any atom is 0.229 e. The fraction of sp³-hybridized carbons (Fsp3) is 0.0588. The first-order chi connectivity index (χ1) is 10.6. The summed E-state index contributed by atoms with van der Waals surface area (Å²) in [6.07, 6.45) is 0.181. The second-order valence-electron chi connectivity index (χ2n) is 4.94. The highest BCUT2D eigenvalue weighted by Gasteiger charge is 2.07. The van der Waals surface area contributed by atoms with Crippen LogP contribution in [0.3, 0.4) is 0 Å². The summed E-state index contributed by atoms with van der Waals surface area (Å²) in [6.45, 7) is 0. The van der Waals surface area contributed by atoms with Gasteiger partial charge in [-0.3, -0.25) is 4.79 Å². The third kappa shape index (κ3) is 2.98. The number of aromatic nitrogens is 1. The molecule has 1 amide bonds. The van der Waals surface area contributed by atoms with Gasteiger partial charge in [0.1, 0.15) is 22.8 Å². The molecule has 0 saturated carbocycles. The Morgan fingerprint density at radius 2 is 1.77 bits per heavy atom. The molecule has 3 aromatic rings. The van der Waals surface area contributed by atoms with E-state index in [0.717, 1.165) is 10.9 Å². The van der Waals surface area contributed by atoms with Gasteiger partial charge in [-0.25, -0.2) is 4.98 Å². The predicted octanol–water partition coefficient (Wildman–Crippen LogP) is 2.83. The van der Waals surface area contributed by atoms with Crippen molar-refractivity contribution in [3.63, 3.8) is 0 Å². The second-order valence-corrected chi connectivity index (χ2v) is 4.94. The summed E-state index contributed by atoms with van der Waals surface area (Å²) in [5.41, 5.74) is 1.24. The number of pyridine rings is 1. The van der Waals surface area contributed by atoms with Crippen LogP contribution in [-0.4, -0.2) is 21.1 Å². The third-order valence-corrected chi connectivity index (χ3v) is 3.27. The van der Waals surface area contributed by atoms with Gasteiger partial charge in [0.25, 0.3) is 0 Å². The molecule has 0 aliphatic rings. The Labute approximate surface area is 126 Å². The molecule has 3 rings (SSSR count). The first kappa shape index (κ1) is 13.9. The molecule has 1 heterocycles. The minimum Gasteiger partial charge on any atom is -0.508 e. The maximum atomic E-state index is 12.0. The number of phenols is 2. The lowest BCUT2D eigenvalue weighted by molar-refractivity contribution is -0.115. The highest BCUT2D eigenvalue weighted by atomic mass is 16.3. The number of fused-ring (bicyclic) bond motifs is 1. The van der Waals surface area contributed by atoms with E-state index in [2.05, 4.69) is 10.3 Å². The molecule has 0 unspecified atom stereocenters. The van der Waals surface area contributed by atoms with Crippen LogP contribution in [0.4, 0.5) is 5.82 Å². The van der Waals surface area contributed by atoms with Crippen LogP contribution in [0.15, 0.2) is 54.6 Å². The summed E-state index contributed by atoms with van der Waals surface area (Å²) < 4.78 is 0. The van der Waals surface area contributed by atoms with Crippen LogP contribution in [0.1, 0.15) is 5.56 Å². The molecule has 0 saturated heterocycles. The summed E-state index contributed by atoms with van der Waals surface area (Å²) in [5, 5.41) is 22.5. The number of nitrogens with one attached hydrogen (secondary N) is 1. The van der Waals surface area contributed by atoms with Crippen molar-refractivity contribution >= 4 is 22.6 Å². The molecule has 0 atom stereocenters. The van der Waals surface area contributed by atoms with E-state index in [9.17, 15) is 15.0 Å². The number of para-hydroxylation sites is 1. The fourth-order valence-corrected chi connectivity index (χ4v) is 2.19. The fourth-order valence-electron chi connectivity index (χ4n) is 2.19. The van der Waals surface area contributed by atoms with Gasteiger partial charge in [-0.05, 0) is 35.9 Å². The molecule has 3 N–H and O–H groups in total. The van der Waals surface area contributed by atoms with Crippen LogP contribution in [0, 0.1) is 0 Å². The number of aromatic hydroxyl groups is 2. The van der Waals surface area contributed by atoms with E-state index in [-0.39, 0.29) is 23.8 Å². The highest BCUT2D eigenvalue weighted by molar-refractivity contribution is 5.93. The van der Waals surface area contributed by atoms with E-state index in [1.54, 1.807) is 36.4 Å². The van der Waals surface area contributed by atoms with Crippen molar-refractivity contribution in [1.82, 2.24) is 4.98 Å². The predicted molar refractivity (Wildman–Crippen MR) is 83.8 cm³/mol. The molecule has 2 aromatic carbocycles. The topological polar surface area (TPSA) is 82.5 Å². The standard InChI is InChI=1S/C17H14N2O3/c20-13-7-4-11(5-8-13)10-16(22)18-15-9-6-12-2-1-3-14(21)17(12)19-15/h1-9,20-21H,10H2,(H,18,19,22). The number of benzene rings is 2. The monoisotopic (exact) mass is 294 g/mol. The van der Waals surface area contributed by atoms with Crippen LogP contribution in [0.25, 0.3) is 10.9 Å². The number of hydrogen-bond acceptors (Lipinski definition) is 4. The van der Waals surface area contributed by atoms with Gasteiger partial charge in [-0.15, -0.1) is 0 Å². The molecule has 0 bridgehead atoms. The lowest BCUT2D eigenvalue weighted by atomic mass is 10.1. The molecule has 0 aliphatic carbocycles. The third-order valence-electron chi connectivity index (χ3n) is 3.27. The molecule has 22 heavy (non-hydrogen) atoms. The lowest BCUT2D eigenvalue weighted by Crippen LogP contribution is -2.15. The quantitative estimate of drug-likeness (QED) is 0.693. The number of carbonyl (C=O) groups excluding carboxylic acids is 1. The summed E-state index contributed by atoms with van der Waals surface area (Å²) in [4.78, 5) is 16.3. The Kier molecular flexibility index (Phi) is 3.62. The normalized spacial score (nSPS) is 10.5. The number of hydrogen-bond donors (Lipinski definition) is 3. The van der Waals surface area contributed by atoms with Gasteiger partial charge in [-0.1, -0.05) is 24.3 Å².